The van der Waals surface area contributed by atoms with E-state index in [4.69, 9.17) is 11.6 Å². The zero-order valence-electron chi connectivity index (χ0n) is 10.7. The van der Waals surface area contributed by atoms with Crippen LogP contribution >= 0.6 is 22.9 Å². The first-order valence-electron chi connectivity index (χ1n) is 5.68. The third-order valence-electron chi connectivity index (χ3n) is 2.53. The van der Waals surface area contributed by atoms with E-state index in [1.807, 2.05) is 44.1 Å². The molecule has 0 aliphatic carbocycles. The molecule has 1 N–H and O–H groups in total. The molecule has 0 atom stereocenters. The van der Waals surface area contributed by atoms with Crippen molar-refractivity contribution in [3.05, 3.63) is 39.3 Å². The molecule has 18 heavy (non-hydrogen) atoms. The summed E-state index contributed by atoms with van der Waals surface area (Å²) in [6.07, 6.45) is 0. The molecule has 1 aromatic heterocycles. The topological polar surface area (TPSA) is 28.2 Å². The second kappa shape index (κ2) is 5.59. The number of nitrogens with one attached hydrogen (secondary N) is 1. The quantitative estimate of drug-likeness (QED) is 0.924. The largest absolute Gasteiger partial charge is 0.377 e. The number of thiazole rings is 1. The fourth-order valence-electron chi connectivity index (χ4n) is 1.77. The Balaban J connectivity index is 2.16. The van der Waals surface area contributed by atoms with Crippen LogP contribution in [0.3, 0.4) is 0 Å². The van der Waals surface area contributed by atoms with Gasteiger partial charge in [-0.25, -0.2) is 4.98 Å². The number of anilines is 2. The summed E-state index contributed by atoms with van der Waals surface area (Å²) in [4.78, 5) is 6.44. The van der Waals surface area contributed by atoms with Crippen LogP contribution < -0.4 is 10.2 Å². The van der Waals surface area contributed by atoms with E-state index in [0.717, 1.165) is 33.6 Å². The fraction of sp³-hybridized carbons (Fsp3) is 0.308. The van der Waals surface area contributed by atoms with Crippen LogP contribution in [-0.2, 0) is 6.54 Å². The van der Waals surface area contributed by atoms with Gasteiger partial charge in [0.05, 0.1) is 22.9 Å². The summed E-state index contributed by atoms with van der Waals surface area (Å²) in [7, 11) is 3.97. The molecule has 5 heteroatoms. The highest BCUT2D eigenvalue weighted by Crippen LogP contribution is 2.32. The lowest BCUT2D eigenvalue weighted by Gasteiger charge is -2.19. The maximum atomic E-state index is 6.22. The van der Waals surface area contributed by atoms with Crippen LogP contribution in [0.1, 0.15) is 10.7 Å². The van der Waals surface area contributed by atoms with Crippen molar-refractivity contribution in [2.45, 2.75) is 13.5 Å². The summed E-state index contributed by atoms with van der Waals surface area (Å²) < 4.78 is 0. The van der Waals surface area contributed by atoms with E-state index < -0.39 is 0 Å². The van der Waals surface area contributed by atoms with Crippen molar-refractivity contribution in [2.75, 3.05) is 24.3 Å². The molecule has 0 aliphatic rings. The first-order chi connectivity index (χ1) is 8.58. The van der Waals surface area contributed by atoms with Gasteiger partial charge in [-0.05, 0) is 19.1 Å². The van der Waals surface area contributed by atoms with Gasteiger partial charge in [0.15, 0.2) is 0 Å². The number of aromatic nitrogens is 1. The molecular weight excluding hydrogens is 266 g/mol. The highest BCUT2D eigenvalue weighted by molar-refractivity contribution is 7.09. The molecule has 0 unspecified atom stereocenters. The lowest BCUT2D eigenvalue weighted by Crippen LogP contribution is -2.12. The van der Waals surface area contributed by atoms with Crippen molar-refractivity contribution < 1.29 is 0 Å². The van der Waals surface area contributed by atoms with Gasteiger partial charge in [-0.1, -0.05) is 17.7 Å². The van der Waals surface area contributed by atoms with Crippen LogP contribution in [0, 0.1) is 6.92 Å². The number of nitrogens with zero attached hydrogens (tertiary/aromatic N) is 2. The molecule has 96 valence electrons. The Morgan fingerprint density at radius 3 is 2.78 bits per heavy atom. The Morgan fingerprint density at radius 2 is 2.17 bits per heavy atom. The van der Waals surface area contributed by atoms with Gasteiger partial charge in [-0.2, -0.15) is 0 Å². The molecule has 0 fully saturated rings. The number of rotatable bonds is 4. The van der Waals surface area contributed by atoms with Crippen molar-refractivity contribution in [2.24, 2.45) is 0 Å². The van der Waals surface area contributed by atoms with Crippen molar-refractivity contribution in [3.63, 3.8) is 0 Å². The minimum atomic E-state index is 0.722. The van der Waals surface area contributed by atoms with Crippen molar-refractivity contribution >= 4 is 34.3 Å². The molecule has 1 heterocycles. The maximum absolute atomic E-state index is 6.22. The van der Waals surface area contributed by atoms with Gasteiger partial charge in [0, 0.05) is 25.2 Å². The van der Waals surface area contributed by atoms with Crippen molar-refractivity contribution in [1.82, 2.24) is 4.98 Å². The first kappa shape index (κ1) is 13.2. The van der Waals surface area contributed by atoms with E-state index in [1.165, 1.54) is 0 Å². The SMILES string of the molecule is Cc1csc(CNc2cccc(Cl)c2N(C)C)n1. The van der Waals surface area contributed by atoms with Crippen LogP contribution in [-0.4, -0.2) is 19.1 Å². The third-order valence-corrected chi connectivity index (χ3v) is 3.80. The van der Waals surface area contributed by atoms with E-state index in [9.17, 15) is 0 Å². The van der Waals surface area contributed by atoms with Crippen LogP contribution in [0.25, 0.3) is 0 Å². The number of aryl methyl sites for hydroxylation is 1. The standard InChI is InChI=1S/C13H16ClN3S/c1-9-8-18-12(16-9)7-15-11-6-4-5-10(14)13(11)17(2)3/h4-6,8,15H,7H2,1-3H3. The molecule has 2 rings (SSSR count). The van der Waals surface area contributed by atoms with Crippen LogP contribution in [0.5, 0.6) is 0 Å². The van der Waals surface area contributed by atoms with Crippen molar-refractivity contribution in [1.29, 1.82) is 0 Å². The predicted octanol–water partition coefficient (Wildman–Crippen LogP) is 3.78. The molecule has 0 saturated carbocycles. The Kier molecular flexibility index (Phi) is 4.09. The van der Waals surface area contributed by atoms with Crippen LogP contribution in [0.2, 0.25) is 5.02 Å². The molecule has 2 aromatic rings. The van der Waals surface area contributed by atoms with Gasteiger partial charge in [-0.3, -0.25) is 0 Å². The smallest absolute Gasteiger partial charge is 0.112 e. The Morgan fingerprint density at radius 1 is 1.39 bits per heavy atom. The number of para-hydroxylation sites is 1. The molecule has 0 spiro atoms. The highest BCUT2D eigenvalue weighted by atomic mass is 35.5. The van der Waals surface area contributed by atoms with E-state index in [-0.39, 0.29) is 0 Å². The molecular formula is C13H16ClN3S. The lowest BCUT2D eigenvalue weighted by molar-refractivity contribution is 1.06. The molecule has 3 nitrogen and oxygen atoms in total. The van der Waals surface area contributed by atoms with Crippen LogP contribution in [0.15, 0.2) is 23.6 Å². The summed E-state index contributed by atoms with van der Waals surface area (Å²) in [6, 6.07) is 5.88. The number of hydrogen-bond acceptors (Lipinski definition) is 4. The fourth-order valence-corrected chi connectivity index (χ4v) is 2.82. The first-order valence-corrected chi connectivity index (χ1v) is 6.94. The predicted molar refractivity (Wildman–Crippen MR) is 80.0 cm³/mol. The maximum Gasteiger partial charge on any atom is 0.112 e. The molecule has 1 aromatic carbocycles. The monoisotopic (exact) mass is 281 g/mol. The van der Waals surface area contributed by atoms with Gasteiger partial charge in [0.25, 0.3) is 0 Å². The minimum absolute atomic E-state index is 0.722. The normalized spacial score (nSPS) is 10.4. The lowest BCUT2D eigenvalue weighted by atomic mass is 10.2. The van der Waals surface area contributed by atoms with Gasteiger partial charge < -0.3 is 10.2 Å². The highest BCUT2D eigenvalue weighted by Gasteiger charge is 2.09. The summed E-state index contributed by atoms with van der Waals surface area (Å²) in [5.41, 5.74) is 3.10. The van der Waals surface area contributed by atoms with E-state index >= 15 is 0 Å². The number of hydrogen-bond donors (Lipinski definition) is 1. The van der Waals surface area contributed by atoms with Crippen LogP contribution in [0.4, 0.5) is 11.4 Å². The molecule has 0 bridgehead atoms. The average molecular weight is 282 g/mol. The summed E-state index contributed by atoms with van der Waals surface area (Å²) in [5, 5.41) is 7.28. The van der Waals surface area contributed by atoms with Gasteiger partial charge in [0.2, 0.25) is 0 Å². The van der Waals surface area contributed by atoms with E-state index in [1.54, 1.807) is 11.3 Å². The second-order valence-electron chi connectivity index (χ2n) is 4.27. The Bertz CT molecular complexity index is 537. The molecule has 0 saturated heterocycles. The minimum Gasteiger partial charge on any atom is -0.377 e. The Labute approximate surface area is 116 Å². The van der Waals surface area contributed by atoms with Gasteiger partial charge >= 0.3 is 0 Å². The molecule has 0 aliphatic heterocycles. The molecule has 0 amide bonds. The van der Waals surface area contributed by atoms with E-state index in [0.29, 0.717) is 0 Å². The van der Waals surface area contributed by atoms with Crippen molar-refractivity contribution in [3.8, 4) is 0 Å². The third kappa shape index (κ3) is 2.94. The van der Waals surface area contributed by atoms with Gasteiger partial charge in [-0.15, -0.1) is 11.3 Å². The van der Waals surface area contributed by atoms with Gasteiger partial charge in [0.1, 0.15) is 5.01 Å². The number of halogens is 1. The van der Waals surface area contributed by atoms with E-state index in [2.05, 4.69) is 15.7 Å². The zero-order chi connectivity index (χ0) is 13.1. The second-order valence-corrected chi connectivity index (χ2v) is 5.62. The Hall–Kier alpha value is -1.26. The summed E-state index contributed by atoms with van der Waals surface area (Å²) in [6.45, 7) is 2.73. The summed E-state index contributed by atoms with van der Waals surface area (Å²) >= 11 is 7.88. The average Bonchev–Trinajstić information content (AvgIpc) is 2.72. The zero-order valence-corrected chi connectivity index (χ0v) is 12.3. The molecule has 0 radical (unpaired) electrons. The number of benzene rings is 1. The summed E-state index contributed by atoms with van der Waals surface area (Å²) in [5.74, 6) is 0.